The topological polar surface area (TPSA) is 38.5 Å². The highest BCUT2D eigenvalue weighted by Gasteiger charge is 2.25. The fourth-order valence-electron chi connectivity index (χ4n) is 4.62. The van der Waals surface area contributed by atoms with Gasteiger partial charge >= 0.3 is 0 Å². The van der Waals surface area contributed by atoms with Crippen LogP contribution in [0.3, 0.4) is 0 Å². The average molecular weight is 409 g/mol. The van der Waals surface area contributed by atoms with Gasteiger partial charge in [0.05, 0.1) is 18.1 Å². The van der Waals surface area contributed by atoms with Gasteiger partial charge in [-0.25, -0.2) is 4.98 Å². The molecule has 2 atom stereocenters. The first-order valence-corrected chi connectivity index (χ1v) is 11.7. The molecule has 30 heavy (non-hydrogen) atoms. The van der Waals surface area contributed by atoms with Crippen LogP contribution in [0.4, 0.5) is 0 Å². The molecular formula is C26H36N2O2. The number of allylic oxidation sites excluding steroid dienone is 1. The molecule has 0 spiro atoms. The number of likely N-dealkylation sites (tertiary alicyclic amines) is 1. The Labute approximate surface area is 181 Å². The first-order valence-electron chi connectivity index (χ1n) is 11.7. The molecule has 0 radical (unpaired) electrons. The van der Waals surface area contributed by atoms with Gasteiger partial charge in [-0.2, -0.15) is 0 Å². The number of ether oxygens (including phenoxy) is 1. The Hall–Kier alpha value is -2.07. The molecule has 2 aliphatic rings. The van der Waals surface area contributed by atoms with Gasteiger partial charge in [0.2, 0.25) is 5.89 Å². The van der Waals surface area contributed by atoms with E-state index in [2.05, 4.69) is 49.1 Å². The summed E-state index contributed by atoms with van der Waals surface area (Å²) in [6.07, 6.45) is 9.59. The van der Waals surface area contributed by atoms with Gasteiger partial charge in [-0.05, 0) is 76.2 Å². The van der Waals surface area contributed by atoms with Gasteiger partial charge < -0.3 is 14.1 Å². The minimum Gasteiger partial charge on any atom is -0.498 e. The quantitative estimate of drug-likeness (QED) is 0.569. The molecule has 0 bridgehead atoms. The highest BCUT2D eigenvalue weighted by atomic mass is 16.5. The van der Waals surface area contributed by atoms with E-state index in [0.29, 0.717) is 18.4 Å². The highest BCUT2D eigenvalue weighted by molar-refractivity contribution is 5.54. The van der Waals surface area contributed by atoms with Gasteiger partial charge in [0, 0.05) is 24.9 Å². The fourth-order valence-corrected chi connectivity index (χ4v) is 4.62. The van der Waals surface area contributed by atoms with Crippen molar-refractivity contribution in [2.24, 2.45) is 11.8 Å². The van der Waals surface area contributed by atoms with E-state index < -0.39 is 0 Å². The molecule has 0 amide bonds. The van der Waals surface area contributed by atoms with E-state index in [-0.39, 0.29) is 0 Å². The number of hydrogen-bond donors (Lipinski definition) is 0. The third-order valence-corrected chi connectivity index (χ3v) is 6.71. The lowest BCUT2D eigenvalue weighted by Gasteiger charge is -2.34. The summed E-state index contributed by atoms with van der Waals surface area (Å²) >= 11 is 0. The number of rotatable bonds is 7. The molecule has 2 aromatic rings. The largest absolute Gasteiger partial charge is 0.498 e. The monoisotopic (exact) mass is 408 g/mol. The van der Waals surface area contributed by atoms with E-state index in [0.717, 1.165) is 35.8 Å². The molecule has 1 aliphatic carbocycles. The summed E-state index contributed by atoms with van der Waals surface area (Å²) in [7, 11) is 0. The van der Waals surface area contributed by atoms with Crippen LogP contribution in [0.1, 0.15) is 56.0 Å². The molecule has 0 N–H and O–H groups in total. The third-order valence-electron chi connectivity index (χ3n) is 6.71. The SMILES string of the molecule is Cc1ccc(-c2nc(CCOC3=CC(CN4CCCCC4)C(C)CC3)c(C)o2)cc1. The predicted octanol–water partition coefficient (Wildman–Crippen LogP) is 5.93. The smallest absolute Gasteiger partial charge is 0.226 e. The van der Waals surface area contributed by atoms with Crippen molar-refractivity contribution in [1.82, 2.24) is 9.88 Å². The molecule has 1 aromatic heterocycles. The molecule has 2 unspecified atom stereocenters. The van der Waals surface area contributed by atoms with Crippen LogP contribution >= 0.6 is 0 Å². The van der Waals surface area contributed by atoms with Crippen molar-refractivity contribution in [1.29, 1.82) is 0 Å². The van der Waals surface area contributed by atoms with Crippen molar-refractivity contribution in [2.75, 3.05) is 26.2 Å². The molecule has 1 aliphatic heterocycles. The predicted molar refractivity (Wildman–Crippen MR) is 121 cm³/mol. The number of piperidine rings is 1. The maximum Gasteiger partial charge on any atom is 0.226 e. The summed E-state index contributed by atoms with van der Waals surface area (Å²) in [6.45, 7) is 10.9. The summed E-state index contributed by atoms with van der Waals surface area (Å²) in [5, 5.41) is 0. The van der Waals surface area contributed by atoms with Gasteiger partial charge in [0.1, 0.15) is 5.76 Å². The lowest BCUT2D eigenvalue weighted by atomic mass is 9.84. The average Bonchev–Trinajstić information content (AvgIpc) is 3.12. The molecule has 0 saturated carbocycles. The Morgan fingerprint density at radius 3 is 2.63 bits per heavy atom. The first-order chi connectivity index (χ1) is 14.6. The van der Waals surface area contributed by atoms with Crippen LogP contribution in [0.2, 0.25) is 0 Å². The summed E-state index contributed by atoms with van der Waals surface area (Å²) in [6, 6.07) is 8.32. The number of benzene rings is 1. The van der Waals surface area contributed by atoms with Gasteiger partial charge in [0.25, 0.3) is 0 Å². The molecule has 4 heteroatoms. The van der Waals surface area contributed by atoms with Gasteiger partial charge in [-0.15, -0.1) is 0 Å². The maximum atomic E-state index is 6.20. The Balaban J connectivity index is 1.32. The standard InChI is InChI=1S/C26H36N2O2/c1-19-7-10-22(11-8-19)26-27-25(21(3)30-26)13-16-29-24-12-9-20(2)23(17-24)18-28-14-5-4-6-15-28/h7-8,10-11,17,20,23H,4-6,9,12-16,18H2,1-3H3. The van der Waals surface area contributed by atoms with Gasteiger partial charge in [-0.3, -0.25) is 0 Å². The molecule has 2 heterocycles. The van der Waals surface area contributed by atoms with Gasteiger partial charge in [0.15, 0.2) is 0 Å². The molecule has 4 rings (SSSR count). The van der Waals surface area contributed by atoms with E-state index in [1.807, 2.05) is 6.92 Å². The lowest BCUT2D eigenvalue weighted by molar-refractivity contribution is 0.153. The van der Waals surface area contributed by atoms with E-state index in [4.69, 9.17) is 14.1 Å². The Morgan fingerprint density at radius 2 is 1.87 bits per heavy atom. The van der Waals surface area contributed by atoms with Crippen LogP contribution in [0.25, 0.3) is 11.5 Å². The third kappa shape index (κ3) is 5.34. The second-order valence-electron chi connectivity index (χ2n) is 9.16. The second kappa shape index (κ2) is 9.82. The molecule has 162 valence electrons. The van der Waals surface area contributed by atoms with Crippen LogP contribution in [-0.4, -0.2) is 36.1 Å². The van der Waals surface area contributed by atoms with Crippen molar-refractivity contribution in [3.05, 3.63) is 53.1 Å². The number of aromatic nitrogens is 1. The zero-order valence-electron chi connectivity index (χ0n) is 18.8. The Bertz CT molecular complexity index is 846. The van der Waals surface area contributed by atoms with Crippen molar-refractivity contribution in [3.63, 3.8) is 0 Å². The molecule has 1 saturated heterocycles. The van der Waals surface area contributed by atoms with E-state index in [1.54, 1.807) is 0 Å². The Kier molecular flexibility index (Phi) is 6.93. The first kappa shape index (κ1) is 21.2. The highest BCUT2D eigenvalue weighted by Crippen LogP contribution is 2.30. The summed E-state index contributed by atoms with van der Waals surface area (Å²) in [4.78, 5) is 7.37. The van der Waals surface area contributed by atoms with Crippen LogP contribution in [0, 0.1) is 25.7 Å². The van der Waals surface area contributed by atoms with Crippen LogP contribution in [0.15, 0.2) is 40.5 Å². The van der Waals surface area contributed by atoms with E-state index >= 15 is 0 Å². The zero-order chi connectivity index (χ0) is 20.9. The summed E-state index contributed by atoms with van der Waals surface area (Å²) in [5.41, 5.74) is 3.27. The van der Waals surface area contributed by atoms with Gasteiger partial charge in [-0.1, -0.05) is 31.0 Å². The summed E-state index contributed by atoms with van der Waals surface area (Å²) < 4.78 is 12.1. The van der Waals surface area contributed by atoms with Crippen molar-refractivity contribution in [2.45, 2.75) is 59.3 Å². The Morgan fingerprint density at radius 1 is 1.10 bits per heavy atom. The number of aryl methyl sites for hydroxylation is 2. The molecule has 1 fully saturated rings. The number of nitrogens with zero attached hydrogens (tertiary/aromatic N) is 2. The maximum absolute atomic E-state index is 6.20. The molecule has 4 nitrogen and oxygen atoms in total. The van der Waals surface area contributed by atoms with E-state index in [9.17, 15) is 0 Å². The number of oxazole rings is 1. The minimum atomic E-state index is 0.619. The van der Waals surface area contributed by atoms with Crippen molar-refractivity contribution in [3.8, 4) is 11.5 Å². The zero-order valence-corrected chi connectivity index (χ0v) is 18.8. The molecular weight excluding hydrogens is 372 g/mol. The van der Waals surface area contributed by atoms with Crippen LogP contribution < -0.4 is 0 Å². The lowest BCUT2D eigenvalue weighted by Crippen LogP contribution is -2.36. The van der Waals surface area contributed by atoms with Crippen LogP contribution in [0.5, 0.6) is 0 Å². The minimum absolute atomic E-state index is 0.619. The second-order valence-corrected chi connectivity index (χ2v) is 9.16. The van der Waals surface area contributed by atoms with Crippen molar-refractivity contribution < 1.29 is 9.15 Å². The van der Waals surface area contributed by atoms with Crippen LogP contribution in [-0.2, 0) is 11.2 Å². The van der Waals surface area contributed by atoms with Crippen molar-refractivity contribution >= 4 is 0 Å². The fraction of sp³-hybridized carbons (Fsp3) is 0.577. The normalized spacial score (nSPS) is 22.7. The summed E-state index contributed by atoms with van der Waals surface area (Å²) in [5.74, 6) is 4.14. The van der Waals surface area contributed by atoms with E-state index in [1.165, 1.54) is 56.6 Å². The number of hydrogen-bond acceptors (Lipinski definition) is 4. The molecule has 1 aromatic carbocycles.